The van der Waals surface area contributed by atoms with Crippen LogP contribution in [0.15, 0.2) is 18.3 Å². The minimum atomic E-state index is 0.516. The predicted molar refractivity (Wildman–Crippen MR) is 57.1 cm³/mol. The minimum Gasteiger partial charge on any atom is -0.369 e. The third-order valence-electron chi connectivity index (χ3n) is 2.11. The fourth-order valence-corrected chi connectivity index (χ4v) is 1.46. The zero-order valence-corrected chi connectivity index (χ0v) is 8.70. The SMILES string of the molecule is CCCN(CC)c1cccnc1C#N. The van der Waals surface area contributed by atoms with Crippen molar-refractivity contribution in [3.8, 4) is 6.07 Å². The van der Waals surface area contributed by atoms with Gasteiger partial charge in [0, 0.05) is 19.3 Å². The van der Waals surface area contributed by atoms with E-state index in [0.717, 1.165) is 25.2 Å². The quantitative estimate of drug-likeness (QED) is 0.729. The van der Waals surface area contributed by atoms with E-state index in [1.165, 1.54) is 0 Å². The van der Waals surface area contributed by atoms with E-state index in [1.54, 1.807) is 6.20 Å². The molecule has 0 spiro atoms. The molecular weight excluding hydrogens is 174 g/mol. The first-order valence-electron chi connectivity index (χ1n) is 4.93. The molecule has 1 aromatic heterocycles. The Morgan fingerprint density at radius 1 is 1.50 bits per heavy atom. The molecule has 0 saturated heterocycles. The van der Waals surface area contributed by atoms with E-state index in [2.05, 4.69) is 29.8 Å². The van der Waals surface area contributed by atoms with Gasteiger partial charge in [-0.15, -0.1) is 0 Å². The lowest BCUT2D eigenvalue weighted by Crippen LogP contribution is -2.24. The first kappa shape index (κ1) is 10.5. The molecule has 0 radical (unpaired) electrons. The third-order valence-corrected chi connectivity index (χ3v) is 2.11. The third kappa shape index (κ3) is 2.23. The van der Waals surface area contributed by atoms with E-state index in [0.29, 0.717) is 5.69 Å². The van der Waals surface area contributed by atoms with Crippen molar-refractivity contribution in [1.29, 1.82) is 5.26 Å². The standard InChI is InChI=1S/C11H15N3/c1-3-8-14(4-2)11-6-5-7-13-10(11)9-12/h5-7H,3-4,8H2,1-2H3. The highest BCUT2D eigenvalue weighted by Gasteiger charge is 2.08. The Labute approximate surface area is 85.0 Å². The van der Waals surface area contributed by atoms with Crippen molar-refractivity contribution in [3.63, 3.8) is 0 Å². The van der Waals surface area contributed by atoms with Crippen molar-refractivity contribution in [3.05, 3.63) is 24.0 Å². The molecule has 0 aliphatic rings. The summed E-state index contributed by atoms with van der Waals surface area (Å²) >= 11 is 0. The maximum atomic E-state index is 8.89. The van der Waals surface area contributed by atoms with E-state index in [9.17, 15) is 0 Å². The summed E-state index contributed by atoms with van der Waals surface area (Å²) in [5, 5.41) is 8.89. The average molecular weight is 189 g/mol. The molecule has 1 heterocycles. The van der Waals surface area contributed by atoms with Gasteiger partial charge in [-0.3, -0.25) is 0 Å². The predicted octanol–water partition coefficient (Wildman–Crippen LogP) is 2.19. The zero-order valence-electron chi connectivity index (χ0n) is 8.70. The number of pyridine rings is 1. The summed E-state index contributed by atoms with van der Waals surface area (Å²) in [4.78, 5) is 6.22. The number of hydrogen-bond acceptors (Lipinski definition) is 3. The van der Waals surface area contributed by atoms with Gasteiger partial charge in [0.15, 0.2) is 5.69 Å². The molecular formula is C11H15N3. The lowest BCUT2D eigenvalue weighted by molar-refractivity contribution is 0.788. The van der Waals surface area contributed by atoms with Gasteiger partial charge in [-0.2, -0.15) is 5.26 Å². The Bertz CT molecular complexity index is 328. The lowest BCUT2D eigenvalue weighted by Gasteiger charge is -2.22. The number of hydrogen-bond donors (Lipinski definition) is 0. The lowest BCUT2D eigenvalue weighted by atomic mass is 10.2. The van der Waals surface area contributed by atoms with Crippen molar-refractivity contribution in [2.45, 2.75) is 20.3 Å². The highest BCUT2D eigenvalue weighted by molar-refractivity contribution is 5.55. The molecule has 0 aliphatic carbocycles. The summed E-state index contributed by atoms with van der Waals surface area (Å²) in [6.45, 7) is 6.10. The summed E-state index contributed by atoms with van der Waals surface area (Å²) in [7, 11) is 0. The van der Waals surface area contributed by atoms with Gasteiger partial charge < -0.3 is 4.90 Å². The zero-order chi connectivity index (χ0) is 10.4. The smallest absolute Gasteiger partial charge is 0.163 e. The van der Waals surface area contributed by atoms with E-state index in [1.807, 2.05) is 12.1 Å². The molecule has 0 aliphatic heterocycles. The molecule has 0 aromatic carbocycles. The molecule has 74 valence electrons. The van der Waals surface area contributed by atoms with E-state index >= 15 is 0 Å². The second-order valence-electron chi connectivity index (χ2n) is 3.06. The Hall–Kier alpha value is -1.56. The number of rotatable bonds is 4. The molecule has 1 rings (SSSR count). The normalized spacial score (nSPS) is 9.50. The Morgan fingerprint density at radius 3 is 2.86 bits per heavy atom. The molecule has 14 heavy (non-hydrogen) atoms. The molecule has 1 aromatic rings. The van der Waals surface area contributed by atoms with Crippen molar-refractivity contribution >= 4 is 5.69 Å². The van der Waals surface area contributed by atoms with Crippen molar-refractivity contribution in [2.75, 3.05) is 18.0 Å². The molecule has 0 saturated carbocycles. The van der Waals surface area contributed by atoms with Crippen LogP contribution >= 0.6 is 0 Å². The summed E-state index contributed by atoms with van der Waals surface area (Å²) in [5.41, 5.74) is 1.46. The van der Waals surface area contributed by atoms with Crippen LogP contribution in [-0.2, 0) is 0 Å². The Kier molecular flexibility index (Phi) is 3.93. The van der Waals surface area contributed by atoms with Crippen LogP contribution in [0.4, 0.5) is 5.69 Å². The molecule has 3 heteroatoms. The minimum absolute atomic E-state index is 0.516. The van der Waals surface area contributed by atoms with Crippen LogP contribution in [0.5, 0.6) is 0 Å². The van der Waals surface area contributed by atoms with Gasteiger partial charge in [-0.05, 0) is 25.5 Å². The highest BCUT2D eigenvalue weighted by atomic mass is 15.1. The average Bonchev–Trinajstić information content (AvgIpc) is 2.26. The summed E-state index contributed by atoms with van der Waals surface area (Å²) in [6.07, 6.45) is 2.73. The van der Waals surface area contributed by atoms with E-state index in [-0.39, 0.29) is 0 Å². The summed E-state index contributed by atoms with van der Waals surface area (Å²) < 4.78 is 0. The second kappa shape index (κ2) is 5.23. The van der Waals surface area contributed by atoms with Crippen LogP contribution in [0.2, 0.25) is 0 Å². The van der Waals surface area contributed by atoms with Gasteiger partial charge in [0.2, 0.25) is 0 Å². The fraction of sp³-hybridized carbons (Fsp3) is 0.455. The Balaban J connectivity index is 2.97. The molecule has 0 atom stereocenters. The van der Waals surface area contributed by atoms with Crippen molar-refractivity contribution in [1.82, 2.24) is 4.98 Å². The topological polar surface area (TPSA) is 39.9 Å². The highest BCUT2D eigenvalue weighted by Crippen LogP contribution is 2.17. The molecule has 0 amide bonds. The largest absolute Gasteiger partial charge is 0.369 e. The van der Waals surface area contributed by atoms with Crippen molar-refractivity contribution < 1.29 is 0 Å². The van der Waals surface area contributed by atoms with Crippen LogP contribution in [0.3, 0.4) is 0 Å². The van der Waals surface area contributed by atoms with Crippen LogP contribution in [0, 0.1) is 11.3 Å². The maximum absolute atomic E-state index is 8.89. The monoisotopic (exact) mass is 189 g/mol. The summed E-state index contributed by atoms with van der Waals surface area (Å²) in [6, 6.07) is 5.93. The van der Waals surface area contributed by atoms with Gasteiger partial charge in [0.1, 0.15) is 6.07 Å². The number of aromatic nitrogens is 1. The Morgan fingerprint density at radius 2 is 2.29 bits per heavy atom. The van der Waals surface area contributed by atoms with Gasteiger partial charge in [0.25, 0.3) is 0 Å². The van der Waals surface area contributed by atoms with Gasteiger partial charge >= 0.3 is 0 Å². The van der Waals surface area contributed by atoms with E-state index < -0.39 is 0 Å². The van der Waals surface area contributed by atoms with Gasteiger partial charge in [-0.1, -0.05) is 6.92 Å². The van der Waals surface area contributed by atoms with Crippen LogP contribution in [0.25, 0.3) is 0 Å². The molecule has 0 fully saturated rings. The van der Waals surface area contributed by atoms with Crippen LogP contribution < -0.4 is 4.90 Å². The maximum Gasteiger partial charge on any atom is 0.163 e. The molecule has 3 nitrogen and oxygen atoms in total. The van der Waals surface area contributed by atoms with E-state index in [4.69, 9.17) is 5.26 Å². The van der Waals surface area contributed by atoms with Crippen LogP contribution in [0.1, 0.15) is 26.0 Å². The first-order valence-corrected chi connectivity index (χ1v) is 4.93. The number of nitrogens with zero attached hydrogens (tertiary/aromatic N) is 3. The molecule has 0 N–H and O–H groups in total. The second-order valence-corrected chi connectivity index (χ2v) is 3.06. The summed E-state index contributed by atoms with van der Waals surface area (Å²) in [5.74, 6) is 0. The molecule has 0 unspecified atom stereocenters. The number of anilines is 1. The molecule has 0 bridgehead atoms. The van der Waals surface area contributed by atoms with Crippen LogP contribution in [-0.4, -0.2) is 18.1 Å². The first-order chi connectivity index (χ1) is 6.83. The fourth-order valence-electron chi connectivity index (χ4n) is 1.46. The van der Waals surface area contributed by atoms with Gasteiger partial charge in [0.05, 0.1) is 5.69 Å². The van der Waals surface area contributed by atoms with Gasteiger partial charge in [-0.25, -0.2) is 4.98 Å². The number of nitriles is 1. The van der Waals surface area contributed by atoms with Crippen molar-refractivity contribution in [2.24, 2.45) is 0 Å².